The Balaban J connectivity index is 4.54. The molecule has 90 valence electrons. The monoisotopic (exact) mass is 227 g/mol. The van der Waals surface area contributed by atoms with E-state index in [1.54, 1.807) is 7.05 Å². The molecule has 0 aliphatic carbocycles. The van der Waals surface area contributed by atoms with E-state index < -0.39 is 18.3 Å². The lowest BCUT2D eigenvalue weighted by atomic mass is 10.1. The van der Waals surface area contributed by atoms with Crippen LogP contribution in [0.15, 0.2) is 0 Å². The Labute approximate surface area is 87.2 Å². The van der Waals surface area contributed by atoms with Crippen LogP contribution >= 0.6 is 0 Å². The molecular formula is C9H16F3NO2. The molecule has 3 nitrogen and oxygen atoms in total. The highest BCUT2D eigenvalue weighted by molar-refractivity contribution is 5.37. The Hall–Kier alpha value is -0.780. The highest BCUT2D eigenvalue weighted by atomic mass is 19.4. The van der Waals surface area contributed by atoms with E-state index in [0.717, 1.165) is 6.42 Å². The number of rotatable bonds is 6. The molecular weight excluding hydrogens is 211 g/mol. The number of carbonyl (C=O) groups excluding carboxylic acids is 1. The van der Waals surface area contributed by atoms with Crippen LogP contribution in [0.5, 0.6) is 0 Å². The second kappa shape index (κ2) is 5.95. The van der Waals surface area contributed by atoms with Crippen molar-refractivity contribution in [3.63, 3.8) is 0 Å². The molecule has 0 radical (unpaired) electrons. The molecule has 0 aliphatic heterocycles. The molecule has 2 unspecified atom stereocenters. The highest BCUT2D eigenvalue weighted by Crippen LogP contribution is 2.26. The first-order valence-corrected chi connectivity index (χ1v) is 4.70. The average Bonchev–Trinajstić information content (AvgIpc) is 2.11. The third-order valence-corrected chi connectivity index (χ3v) is 2.23. The number of hydrogen-bond acceptors (Lipinski definition) is 3. The zero-order chi connectivity index (χ0) is 12.1. The number of ether oxygens (including phenoxy) is 1. The van der Waals surface area contributed by atoms with Gasteiger partial charge in [-0.25, -0.2) is 0 Å². The van der Waals surface area contributed by atoms with Crippen molar-refractivity contribution in [1.29, 1.82) is 0 Å². The first kappa shape index (κ1) is 14.2. The quantitative estimate of drug-likeness (QED) is 0.648. The van der Waals surface area contributed by atoms with Gasteiger partial charge >= 0.3 is 6.18 Å². The second-order valence-electron chi connectivity index (χ2n) is 3.42. The smallest absolute Gasteiger partial charge is 0.427 e. The molecule has 6 heteroatoms. The molecule has 2 atom stereocenters. The van der Waals surface area contributed by atoms with Gasteiger partial charge in [-0.1, -0.05) is 6.92 Å². The fourth-order valence-electron chi connectivity index (χ4n) is 1.31. The summed E-state index contributed by atoms with van der Waals surface area (Å²) in [6.45, 7) is 3.62. The summed E-state index contributed by atoms with van der Waals surface area (Å²) in [6, 6.07) is -0.879. The summed E-state index contributed by atoms with van der Waals surface area (Å²) in [6.07, 6.45) is -5.85. The molecule has 0 aromatic rings. The van der Waals surface area contributed by atoms with Crippen LogP contribution in [-0.4, -0.2) is 43.3 Å². The molecule has 0 amide bonds. The number of nitrogens with zero attached hydrogens (tertiary/aromatic N) is 1. The predicted molar refractivity (Wildman–Crippen MR) is 49.4 cm³/mol. The fraction of sp³-hybridized carbons (Fsp3) is 0.889. The summed E-state index contributed by atoms with van der Waals surface area (Å²) in [5.74, 6) is 0. The number of likely N-dealkylation sites (N-methyl/N-ethyl adjacent to an activating group) is 1. The largest absolute Gasteiger partial charge is 0.453 e. The van der Waals surface area contributed by atoms with Crippen molar-refractivity contribution in [2.24, 2.45) is 0 Å². The summed E-state index contributed by atoms with van der Waals surface area (Å²) in [7, 11) is 1.57. The topological polar surface area (TPSA) is 29.5 Å². The van der Waals surface area contributed by atoms with E-state index in [9.17, 15) is 18.0 Å². The maximum Gasteiger partial charge on any atom is 0.427 e. The molecule has 0 N–H and O–H groups in total. The molecule has 0 heterocycles. The zero-order valence-corrected chi connectivity index (χ0v) is 9.04. The first-order valence-electron chi connectivity index (χ1n) is 4.70. The van der Waals surface area contributed by atoms with Crippen molar-refractivity contribution in [3.8, 4) is 0 Å². The third kappa shape index (κ3) is 4.51. The van der Waals surface area contributed by atoms with Crippen LogP contribution in [0.3, 0.4) is 0 Å². The Bertz CT molecular complexity index is 196. The van der Waals surface area contributed by atoms with Gasteiger partial charge in [-0.2, -0.15) is 13.2 Å². The molecule has 15 heavy (non-hydrogen) atoms. The van der Waals surface area contributed by atoms with Gasteiger partial charge in [0, 0.05) is 0 Å². The van der Waals surface area contributed by atoms with Crippen molar-refractivity contribution in [2.45, 2.75) is 38.6 Å². The minimum absolute atomic E-state index is 0.158. The van der Waals surface area contributed by atoms with Crippen LogP contribution in [0.25, 0.3) is 0 Å². The van der Waals surface area contributed by atoms with Crippen molar-refractivity contribution in [2.75, 3.05) is 13.6 Å². The number of hydrogen-bond donors (Lipinski definition) is 0. The van der Waals surface area contributed by atoms with Gasteiger partial charge in [0.15, 0.2) is 0 Å². The van der Waals surface area contributed by atoms with Crippen LogP contribution in [0.1, 0.15) is 20.3 Å². The predicted octanol–water partition coefficient (Wildman–Crippen LogP) is 1.82. The fourth-order valence-corrected chi connectivity index (χ4v) is 1.31. The SMILES string of the molecule is CCCN(C)C(C)C(OC=O)C(F)(F)F. The summed E-state index contributed by atoms with van der Waals surface area (Å²) in [5, 5.41) is 0. The molecule has 0 spiro atoms. The lowest BCUT2D eigenvalue weighted by molar-refractivity contribution is -0.227. The van der Waals surface area contributed by atoms with Gasteiger partial charge in [-0.05, 0) is 26.9 Å². The standard InChI is InChI=1S/C9H16F3NO2/c1-4-5-13(3)7(2)8(15-6-14)9(10,11)12/h6-8H,4-5H2,1-3H3. The van der Waals surface area contributed by atoms with Crippen molar-refractivity contribution < 1.29 is 22.7 Å². The van der Waals surface area contributed by atoms with E-state index in [-0.39, 0.29) is 6.47 Å². The minimum Gasteiger partial charge on any atom is -0.453 e. The maximum atomic E-state index is 12.4. The number of alkyl halides is 3. The Morgan fingerprint density at radius 3 is 2.33 bits per heavy atom. The third-order valence-electron chi connectivity index (χ3n) is 2.23. The molecule has 0 bridgehead atoms. The van der Waals surface area contributed by atoms with Gasteiger partial charge < -0.3 is 4.74 Å². The van der Waals surface area contributed by atoms with Crippen LogP contribution < -0.4 is 0 Å². The van der Waals surface area contributed by atoms with E-state index in [1.165, 1.54) is 11.8 Å². The Morgan fingerprint density at radius 2 is 2.00 bits per heavy atom. The zero-order valence-electron chi connectivity index (χ0n) is 9.04. The number of halogens is 3. The normalized spacial score (nSPS) is 16.2. The summed E-state index contributed by atoms with van der Waals surface area (Å²) >= 11 is 0. The molecule has 0 rings (SSSR count). The van der Waals surface area contributed by atoms with Gasteiger partial charge in [-0.15, -0.1) is 0 Å². The van der Waals surface area contributed by atoms with Crippen LogP contribution in [-0.2, 0) is 9.53 Å². The van der Waals surface area contributed by atoms with Gasteiger partial charge in [0.05, 0.1) is 6.04 Å². The molecule has 0 saturated carbocycles. The van der Waals surface area contributed by atoms with Crippen LogP contribution in [0.4, 0.5) is 13.2 Å². The molecule has 0 saturated heterocycles. The lowest BCUT2D eigenvalue weighted by Crippen LogP contribution is -2.48. The van der Waals surface area contributed by atoms with E-state index >= 15 is 0 Å². The lowest BCUT2D eigenvalue weighted by Gasteiger charge is -2.31. The first-order chi connectivity index (χ1) is 6.84. The van der Waals surface area contributed by atoms with Crippen LogP contribution in [0, 0.1) is 0 Å². The summed E-state index contributed by atoms with van der Waals surface area (Å²) in [5.41, 5.74) is 0. The van der Waals surface area contributed by atoms with Gasteiger partial charge in [0.25, 0.3) is 6.47 Å². The van der Waals surface area contributed by atoms with Crippen molar-refractivity contribution in [1.82, 2.24) is 4.90 Å². The summed E-state index contributed by atoms with van der Waals surface area (Å²) < 4.78 is 41.4. The van der Waals surface area contributed by atoms with E-state index in [2.05, 4.69) is 4.74 Å². The molecule has 0 aromatic heterocycles. The summed E-state index contributed by atoms with van der Waals surface area (Å²) in [4.78, 5) is 11.5. The van der Waals surface area contributed by atoms with E-state index in [1.807, 2.05) is 6.92 Å². The van der Waals surface area contributed by atoms with Gasteiger partial charge in [0.2, 0.25) is 6.10 Å². The van der Waals surface area contributed by atoms with Gasteiger partial charge in [0.1, 0.15) is 0 Å². The molecule has 0 aromatic carbocycles. The van der Waals surface area contributed by atoms with Crippen molar-refractivity contribution >= 4 is 6.47 Å². The minimum atomic E-state index is -4.53. The Kier molecular flexibility index (Phi) is 5.64. The Morgan fingerprint density at radius 1 is 1.47 bits per heavy atom. The highest BCUT2D eigenvalue weighted by Gasteiger charge is 2.46. The van der Waals surface area contributed by atoms with Crippen molar-refractivity contribution in [3.05, 3.63) is 0 Å². The molecule has 0 fully saturated rings. The second-order valence-corrected chi connectivity index (χ2v) is 3.42. The van der Waals surface area contributed by atoms with E-state index in [4.69, 9.17) is 0 Å². The van der Waals surface area contributed by atoms with E-state index in [0.29, 0.717) is 6.54 Å². The van der Waals surface area contributed by atoms with Crippen LogP contribution in [0.2, 0.25) is 0 Å². The maximum absolute atomic E-state index is 12.4. The van der Waals surface area contributed by atoms with Gasteiger partial charge in [-0.3, -0.25) is 9.69 Å². The number of carbonyl (C=O) groups is 1. The molecule has 0 aliphatic rings. The average molecular weight is 227 g/mol.